The Morgan fingerprint density at radius 2 is 2.00 bits per heavy atom. The summed E-state index contributed by atoms with van der Waals surface area (Å²) in [5.41, 5.74) is 1.67. The first-order chi connectivity index (χ1) is 14.0. The van der Waals surface area contributed by atoms with Crippen molar-refractivity contribution >= 4 is 17.5 Å². The van der Waals surface area contributed by atoms with Crippen LogP contribution in [0.3, 0.4) is 0 Å². The Hall–Kier alpha value is -1.95. The van der Waals surface area contributed by atoms with Gasteiger partial charge in [0.25, 0.3) is 5.91 Å². The second-order valence-electron chi connectivity index (χ2n) is 8.27. The van der Waals surface area contributed by atoms with Crippen LogP contribution in [0.2, 0.25) is 5.02 Å². The quantitative estimate of drug-likeness (QED) is 0.767. The first-order valence-corrected chi connectivity index (χ1v) is 10.7. The summed E-state index contributed by atoms with van der Waals surface area (Å²) >= 11 is 6.03. The molecule has 2 aliphatic rings. The third-order valence-corrected chi connectivity index (χ3v) is 6.18. The second kappa shape index (κ2) is 8.82. The van der Waals surface area contributed by atoms with E-state index in [-0.39, 0.29) is 17.6 Å². The first-order valence-electron chi connectivity index (χ1n) is 10.4. The Balaban J connectivity index is 1.36. The van der Waals surface area contributed by atoms with E-state index < -0.39 is 0 Å². The number of piperidine rings is 1. The van der Waals surface area contributed by atoms with Crippen molar-refractivity contribution in [1.29, 1.82) is 0 Å². The highest BCUT2D eigenvalue weighted by molar-refractivity contribution is 6.30. The van der Waals surface area contributed by atoms with Crippen LogP contribution in [0.15, 0.2) is 48.8 Å². The number of carbonyl (C=O) groups excluding carboxylic acids is 1. The molecule has 0 N–H and O–H groups in total. The zero-order valence-electron chi connectivity index (χ0n) is 16.9. The largest absolute Gasteiger partial charge is 0.368 e. The van der Waals surface area contributed by atoms with Crippen LogP contribution in [0.4, 0.5) is 0 Å². The fourth-order valence-electron chi connectivity index (χ4n) is 4.48. The molecule has 2 aromatic rings. The average Bonchev–Trinajstić information content (AvgIpc) is 2.73. The molecule has 4 rings (SSSR count). The Kier molecular flexibility index (Phi) is 6.18. The van der Waals surface area contributed by atoms with E-state index in [1.807, 2.05) is 4.90 Å². The molecule has 0 aliphatic carbocycles. The minimum Gasteiger partial charge on any atom is -0.368 e. The molecule has 154 valence electrons. The standard InChI is InChI=1S/C23H28ClN3O2/c1-18-16-27(22(28)20-13-21(24)15-25-14-20)17-23(29-18)8-11-26(12-9-23)10-7-19-5-3-2-4-6-19/h2-6,13-15,18H,7-12,16-17H2,1H3. The monoisotopic (exact) mass is 413 g/mol. The van der Waals surface area contributed by atoms with Crippen LogP contribution in [0.1, 0.15) is 35.7 Å². The molecule has 29 heavy (non-hydrogen) atoms. The minimum atomic E-state index is -0.247. The van der Waals surface area contributed by atoms with Gasteiger partial charge in [0.05, 0.1) is 28.8 Å². The van der Waals surface area contributed by atoms with Gasteiger partial charge in [-0.1, -0.05) is 41.9 Å². The SMILES string of the molecule is CC1CN(C(=O)c2cncc(Cl)c2)CC2(CCN(CCc3ccccc3)CC2)O1. The molecule has 1 unspecified atom stereocenters. The van der Waals surface area contributed by atoms with Gasteiger partial charge in [-0.25, -0.2) is 0 Å². The molecule has 0 bridgehead atoms. The van der Waals surface area contributed by atoms with Gasteiger partial charge in [-0.05, 0) is 37.8 Å². The predicted molar refractivity (Wildman–Crippen MR) is 114 cm³/mol. The van der Waals surface area contributed by atoms with Crippen molar-refractivity contribution in [1.82, 2.24) is 14.8 Å². The summed E-state index contributed by atoms with van der Waals surface area (Å²) in [5.74, 6) is -0.0129. The summed E-state index contributed by atoms with van der Waals surface area (Å²) in [6.45, 7) is 6.35. The molecule has 2 fully saturated rings. The molecule has 0 radical (unpaired) electrons. The number of rotatable bonds is 4. The highest BCUT2D eigenvalue weighted by Gasteiger charge is 2.43. The average molecular weight is 414 g/mol. The molecule has 1 aromatic heterocycles. The smallest absolute Gasteiger partial charge is 0.255 e. The summed E-state index contributed by atoms with van der Waals surface area (Å²) in [7, 11) is 0. The molecule has 2 saturated heterocycles. The molecule has 1 spiro atoms. The Morgan fingerprint density at radius 3 is 2.72 bits per heavy atom. The van der Waals surface area contributed by atoms with Gasteiger partial charge in [-0.3, -0.25) is 9.78 Å². The van der Waals surface area contributed by atoms with E-state index in [1.165, 1.54) is 5.56 Å². The van der Waals surface area contributed by atoms with E-state index in [0.717, 1.165) is 38.9 Å². The van der Waals surface area contributed by atoms with Gasteiger partial charge in [0.1, 0.15) is 0 Å². The van der Waals surface area contributed by atoms with Gasteiger partial charge in [-0.2, -0.15) is 0 Å². The third-order valence-electron chi connectivity index (χ3n) is 5.97. The highest BCUT2D eigenvalue weighted by Crippen LogP contribution is 2.33. The van der Waals surface area contributed by atoms with Crippen molar-refractivity contribution in [2.24, 2.45) is 0 Å². The van der Waals surface area contributed by atoms with Crippen molar-refractivity contribution < 1.29 is 9.53 Å². The van der Waals surface area contributed by atoms with E-state index in [2.05, 4.69) is 47.1 Å². The fraction of sp³-hybridized carbons (Fsp3) is 0.478. The van der Waals surface area contributed by atoms with Gasteiger partial charge in [-0.15, -0.1) is 0 Å². The molecular formula is C23H28ClN3O2. The number of likely N-dealkylation sites (tertiary alicyclic amines) is 1. The normalized spacial score (nSPS) is 22.0. The molecule has 3 heterocycles. The first kappa shape index (κ1) is 20.3. The van der Waals surface area contributed by atoms with Crippen molar-refractivity contribution in [3.8, 4) is 0 Å². The number of ether oxygens (including phenoxy) is 1. The molecule has 0 saturated carbocycles. The summed E-state index contributed by atoms with van der Waals surface area (Å²) in [6.07, 6.45) is 6.13. The van der Waals surface area contributed by atoms with E-state index in [4.69, 9.17) is 16.3 Å². The molecule has 2 aliphatic heterocycles. The van der Waals surface area contributed by atoms with Crippen molar-refractivity contribution in [3.63, 3.8) is 0 Å². The molecule has 1 aromatic carbocycles. The van der Waals surface area contributed by atoms with Crippen molar-refractivity contribution in [3.05, 3.63) is 64.9 Å². The number of amides is 1. The second-order valence-corrected chi connectivity index (χ2v) is 8.70. The van der Waals surface area contributed by atoms with Gasteiger partial charge in [0, 0.05) is 38.6 Å². The lowest BCUT2D eigenvalue weighted by Crippen LogP contribution is -2.60. The number of hydrogen-bond acceptors (Lipinski definition) is 4. The van der Waals surface area contributed by atoms with E-state index in [1.54, 1.807) is 18.5 Å². The summed E-state index contributed by atoms with van der Waals surface area (Å²) in [5, 5.41) is 0.485. The van der Waals surface area contributed by atoms with Gasteiger partial charge >= 0.3 is 0 Å². The van der Waals surface area contributed by atoms with Gasteiger partial charge in [0.2, 0.25) is 0 Å². The molecule has 1 atom stereocenters. The predicted octanol–water partition coefficient (Wildman–Crippen LogP) is 3.67. The number of pyridine rings is 1. The lowest BCUT2D eigenvalue weighted by Gasteiger charge is -2.49. The maximum atomic E-state index is 13.0. The summed E-state index contributed by atoms with van der Waals surface area (Å²) < 4.78 is 6.40. The van der Waals surface area contributed by atoms with E-state index in [9.17, 15) is 4.79 Å². The van der Waals surface area contributed by atoms with Crippen molar-refractivity contribution in [2.75, 3.05) is 32.7 Å². The summed E-state index contributed by atoms with van der Waals surface area (Å²) in [4.78, 5) is 21.5. The maximum Gasteiger partial charge on any atom is 0.255 e. The third kappa shape index (κ3) is 4.97. The lowest BCUT2D eigenvalue weighted by molar-refractivity contribution is -0.161. The number of nitrogens with zero attached hydrogens (tertiary/aromatic N) is 3. The Labute approximate surface area is 177 Å². The molecule has 1 amide bonds. The molecule has 6 heteroatoms. The van der Waals surface area contributed by atoms with Crippen LogP contribution in [0.25, 0.3) is 0 Å². The van der Waals surface area contributed by atoms with Crippen LogP contribution >= 0.6 is 11.6 Å². The van der Waals surface area contributed by atoms with Crippen LogP contribution in [-0.4, -0.2) is 65.1 Å². The Bertz CT molecular complexity index is 837. The zero-order chi connectivity index (χ0) is 20.3. The number of aromatic nitrogens is 1. The number of hydrogen-bond donors (Lipinski definition) is 0. The Morgan fingerprint density at radius 1 is 1.24 bits per heavy atom. The van der Waals surface area contributed by atoms with Crippen LogP contribution < -0.4 is 0 Å². The minimum absolute atomic E-state index is 0.0129. The fourth-order valence-corrected chi connectivity index (χ4v) is 4.66. The topological polar surface area (TPSA) is 45.7 Å². The number of halogens is 1. The van der Waals surface area contributed by atoms with Crippen LogP contribution in [0.5, 0.6) is 0 Å². The number of benzene rings is 1. The van der Waals surface area contributed by atoms with Gasteiger partial charge < -0.3 is 14.5 Å². The van der Waals surface area contributed by atoms with Crippen LogP contribution in [-0.2, 0) is 11.2 Å². The molecule has 5 nitrogen and oxygen atoms in total. The van der Waals surface area contributed by atoms with Gasteiger partial charge in [0.15, 0.2) is 0 Å². The zero-order valence-corrected chi connectivity index (χ0v) is 17.6. The number of morpholine rings is 1. The summed E-state index contributed by atoms with van der Waals surface area (Å²) in [6, 6.07) is 12.3. The highest BCUT2D eigenvalue weighted by atomic mass is 35.5. The van der Waals surface area contributed by atoms with E-state index in [0.29, 0.717) is 23.7 Å². The van der Waals surface area contributed by atoms with Crippen LogP contribution in [0, 0.1) is 0 Å². The van der Waals surface area contributed by atoms with E-state index >= 15 is 0 Å². The molecular weight excluding hydrogens is 386 g/mol. The van der Waals surface area contributed by atoms with Crippen molar-refractivity contribution in [2.45, 2.75) is 37.9 Å². The number of carbonyl (C=O) groups is 1. The lowest BCUT2D eigenvalue weighted by atomic mass is 9.88. The maximum absolute atomic E-state index is 13.0.